The van der Waals surface area contributed by atoms with Gasteiger partial charge in [0.15, 0.2) is 0 Å². The van der Waals surface area contributed by atoms with E-state index in [1.54, 1.807) is 12.1 Å². The summed E-state index contributed by atoms with van der Waals surface area (Å²) in [7, 11) is 0. The van der Waals surface area contributed by atoms with Crippen molar-refractivity contribution in [2.24, 2.45) is 0 Å². The number of hydrogen-bond acceptors (Lipinski definition) is 2. The first-order valence-electron chi connectivity index (χ1n) is 3.99. The van der Waals surface area contributed by atoms with Crippen molar-refractivity contribution in [3.05, 3.63) is 27.7 Å². The van der Waals surface area contributed by atoms with E-state index in [0.29, 0.717) is 27.7 Å². The zero-order valence-electron chi connectivity index (χ0n) is 7.35. The Bertz CT molecular complexity index is 393. The molecule has 0 aliphatic rings. The minimum absolute atomic E-state index is 0.438. The van der Waals surface area contributed by atoms with Crippen molar-refractivity contribution in [2.75, 3.05) is 11.5 Å². The number of halogens is 2. The molecule has 4 heteroatoms. The molecule has 0 heterocycles. The number of anilines is 1. The Balaban J connectivity index is 3.04. The predicted octanol–water partition coefficient (Wildman–Crippen LogP) is 3.25. The Hall–Kier alpha value is -0.490. The van der Waals surface area contributed by atoms with Gasteiger partial charge in [-0.25, -0.2) is 0 Å². The highest BCUT2D eigenvalue weighted by Crippen LogP contribution is 2.26. The Kier molecular flexibility index (Phi) is 4.47. The van der Waals surface area contributed by atoms with Gasteiger partial charge >= 0.3 is 0 Å². The molecule has 1 nitrogen and oxygen atoms in total. The van der Waals surface area contributed by atoms with Gasteiger partial charge in [0.25, 0.3) is 0 Å². The second-order valence-electron chi connectivity index (χ2n) is 2.62. The van der Waals surface area contributed by atoms with Crippen LogP contribution in [0.15, 0.2) is 12.1 Å². The van der Waals surface area contributed by atoms with Gasteiger partial charge in [-0.1, -0.05) is 35.0 Å². The summed E-state index contributed by atoms with van der Waals surface area (Å²) in [5, 5.41) is 0.979. The van der Waals surface area contributed by atoms with Gasteiger partial charge in [-0.05, 0) is 12.1 Å². The van der Waals surface area contributed by atoms with Crippen LogP contribution in [0.4, 0.5) is 5.69 Å². The van der Waals surface area contributed by atoms with Crippen molar-refractivity contribution in [3.8, 4) is 11.8 Å². The molecule has 0 unspecified atom stereocenters. The zero-order chi connectivity index (χ0) is 10.6. The molecule has 1 rings (SSSR count). The highest BCUT2D eigenvalue weighted by Gasteiger charge is 2.02. The maximum atomic E-state index is 5.84. The van der Waals surface area contributed by atoms with E-state index in [9.17, 15) is 0 Å². The summed E-state index contributed by atoms with van der Waals surface area (Å²) in [4.78, 5) is 0. The maximum Gasteiger partial charge on any atom is 0.0663 e. The van der Waals surface area contributed by atoms with Crippen molar-refractivity contribution in [3.63, 3.8) is 0 Å². The highest BCUT2D eigenvalue weighted by atomic mass is 35.5. The zero-order valence-corrected chi connectivity index (χ0v) is 9.76. The smallest absolute Gasteiger partial charge is 0.0663 e. The van der Waals surface area contributed by atoms with E-state index >= 15 is 0 Å². The second kappa shape index (κ2) is 5.41. The van der Waals surface area contributed by atoms with Gasteiger partial charge in [-0.15, -0.1) is 0 Å². The van der Waals surface area contributed by atoms with Crippen LogP contribution < -0.4 is 5.73 Å². The number of hydrogen-bond donors (Lipinski definition) is 2. The molecule has 0 saturated heterocycles. The number of nitrogens with two attached hydrogens (primary N) is 1. The molecule has 14 heavy (non-hydrogen) atoms. The lowest BCUT2D eigenvalue weighted by atomic mass is 10.2. The van der Waals surface area contributed by atoms with E-state index in [1.165, 1.54) is 0 Å². The fraction of sp³-hybridized carbons (Fsp3) is 0.200. The summed E-state index contributed by atoms with van der Waals surface area (Å²) in [6.07, 6.45) is 0.715. The van der Waals surface area contributed by atoms with Crippen LogP contribution in [0.3, 0.4) is 0 Å². The number of nitrogen functional groups attached to an aromatic ring is 1. The fourth-order valence-electron chi connectivity index (χ4n) is 0.902. The van der Waals surface area contributed by atoms with Crippen LogP contribution in [-0.2, 0) is 0 Å². The maximum absolute atomic E-state index is 5.84. The minimum Gasteiger partial charge on any atom is -0.397 e. The van der Waals surface area contributed by atoms with E-state index < -0.39 is 0 Å². The largest absolute Gasteiger partial charge is 0.397 e. The van der Waals surface area contributed by atoms with Crippen LogP contribution >= 0.6 is 35.8 Å². The van der Waals surface area contributed by atoms with Crippen LogP contribution in [0.25, 0.3) is 0 Å². The van der Waals surface area contributed by atoms with E-state index in [4.69, 9.17) is 28.9 Å². The van der Waals surface area contributed by atoms with Crippen LogP contribution in [0, 0.1) is 11.8 Å². The Morgan fingerprint density at radius 3 is 2.71 bits per heavy atom. The summed E-state index contributed by atoms with van der Waals surface area (Å²) < 4.78 is 0. The minimum atomic E-state index is 0.438. The number of benzene rings is 1. The molecular formula is C10H9Cl2NS. The molecule has 0 aliphatic heterocycles. The quantitative estimate of drug-likeness (QED) is 0.444. The average Bonchev–Trinajstić information content (AvgIpc) is 2.13. The molecule has 0 spiro atoms. The summed E-state index contributed by atoms with van der Waals surface area (Å²) in [6.45, 7) is 0. The molecule has 1 aromatic rings. The topological polar surface area (TPSA) is 26.0 Å². The Labute approximate surface area is 99.0 Å². The summed E-state index contributed by atoms with van der Waals surface area (Å²) in [5.74, 6) is 6.55. The van der Waals surface area contributed by atoms with Gasteiger partial charge in [0, 0.05) is 17.2 Å². The fourth-order valence-corrected chi connectivity index (χ4v) is 1.51. The van der Waals surface area contributed by atoms with Crippen LogP contribution in [0.5, 0.6) is 0 Å². The van der Waals surface area contributed by atoms with Crippen LogP contribution in [0.1, 0.15) is 12.0 Å². The highest BCUT2D eigenvalue weighted by molar-refractivity contribution is 7.80. The van der Waals surface area contributed by atoms with Crippen LogP contribution in [0.2, 0.25) is 10.0 Å². The molecule has 0 aromatic heterocycles. The first kappa shape index (κ1) is 11.6. The van der Waals surface area contributed by atoms with E-state index in [1.807, 2.05) is 0 Å². The third kappa shape index (κ3) is 3.02. The lowest BCUT2D eigenvalue weighted by Gasteiger charge is -2.01. The van der Waals surface area contributed by atoms with E-state index in [2.05, 4.69) is 24.5 Å². The molecule has 0 fully saturated rings. The first-order valence-corrected chi connectivity index (χ1v) is 5.38. The van der Waals surface area contributed by atoms with Crippen LogP contribution in [-0.4, -0.2) is 5.75 Å². The van der Waals surface area contributed by atoms with Gasteiger partial charge in [0.1, 0.15) is 0 Å². The SMILES string of the molecule is Nc1c(Cl)cc(Cl)cc1C#CCCS. The van der Waals surface area contributed by atoms with E-state index in [-0.39, 0.29) is 0 Å². The normalized spacial score (nSPS) is 9.36. The second-order valence-corrected chi connectivity index (χ2v) is 3.92. The molecule has 0 atom stereocenters. The monoisotopic (exact) mass is 245 g/mol. The third-order valence-corrected chi connectivity index (χ3v) is 2.31. The van der Waals surface area contributed by atoms with Crippen molar-refractivity contribution in [2.45, 2.75) is 6.42 Å². The van der Waals surface area contributed by atoms with Crippen molar-refractivity contribution < 1.29 is 0 Å². The first-order chi connectivity index (χ1) is 6.65. The molecule has 0 radical (unpaired) electrons. The molecular weight excluding hydrogens is 237 g/mol. The molecule has 0 saturated carbocycles. The van der Waals surface area contributed by atoms with Crippen molar-refractivity contribution >= 4 is 41.5 Å². The Morgan fingerprint density at radius 1 is 1.36 bits per heavy atom. The van der Waals surface area contributed by atoms with Gasteiger partial charge in [0.05, 0.1) is 16.3 Å². The van der Waals surface area contributed by atoms with E-state index in [0.717, 1.165) is 5.75 Å². The van der Waals surface area contributed by atoms with Crippen molar-refractivity contribution in [1.82, 2.24) is 0 Å². The number of thiol groups is 1. The molecule has 0 aliphatic carbocycles. The predicted molar refractivity (Wildman–Crippen MR) is 66.2 cm³/mol. The van der Waals surface area contributed by atoms with Gasteiger partial charge in [0.2, 0.25) is 0 Å². The third-order valence-electron chi connectivity index (χ3n) is 1.55. The lowest BCUT2D eigenvalue weighted by Crippen LogP contribution is -1.91. The molecule has 0 amide bonds. The van der Waals surface area contributed by atoms with Gasteiger partial charge < -0.3 is 5.73 Å². The number of rotatable bonds is 1. The molecule has 1 aromatic carbocycles. The lowest BCUT2D eigenvalue weighted by molar-refractivity contribution is 1.31. The van der Waals surface area contributed by atoms with Crippen molar-refractivity contribution in [1.29, 1.82) is 0 Å². The van der Waals surface area contributed by atoms with Gasteiger partial charge in [-0.3, -0.25) is 0 Å². The summed E-state index contributed by atoms with van der Waals surface area (Å²) >= 11 is 15.7. The molecule has 2 N–H and O–H groups in total. The van der Waals surface area contributed by atoms with Gasteiger partial charge in [-0.2, -0.15) is 12.6 Å². The molecule has 74 valence electrons. The molecule has 0 bridgehead atoms. The standard InChI is InChI=1S/C10H9Cl2NS/c11-8-5-7(3-1-2-4-14)10(13)9(12)6-8/h5-6,14H,2,4,13H2. The summed E-state index contributed by atoms with van der Waals surface area (Å²) in [5.41, 5.74) is 6.87. The average molecular weight is 246 g/mol. The Morgan fingerprint density at radius 2 is 2.07 bits per heavy atom. The summed E-state index contributed by atoms with van der Waals surface area (Å²) in [6, 6.07) is 3.30.